The number of amides is 1. The SMILES string of the molecule is CCc1nc2ccccc2n1CC(=O)NC(C)C. The van der Waals surface area contributed by atoms with Gasteiger partial charge in [-0.15, -0.1) is 0 Å². The highest BCUT2D eigenvalue weighted by Gasteiger charge is 2.12. The maximum Gasteiger partial charge on any atom is 0.240 e. The second-order valence-corrected chi connectivity index (χ2v) is 4.68. The lowest BCUT2D eigenvalue weighted by Crippen LogP contribution is -2.33. The number of carbonyl (C=O) groups excluding carboxylic acids is 1. The Bertz CT molecular complexity index is 557. The Kier molecular flexibility index (Phi) is 3.65. The van der Waals surface area contributed by atoms with Crippen molar-refractivity contribution in [3.05, 3.63) is 30.1 Å². The number of carbonyl (C=O) groups is 1. The van der Waals surface area contributed by atoms with E-state index in [1.165, 1.54) is 0 Å². The van der Waals surface area contributed by atoms with Crippen LogP contribution in [0.5, 0.6) is 0 Å². The van der Waals surface area contributed by atoms with Crippen LogP contribution in [0.15, 0.2) is 24.3 Å². The zero-order chi connectivity index (χ0) is 13.1. The van der Waals surface area contributed by atoms with Crippen LogP contribution in [0.25, 0.3) is 11.0 Å². The van der Waals surface area contributed by atoms with E-state index >= 15 is 0 Å². The van der Waals surface area contributed by atoms with Gasteiger partial charge in [-0.2, -0.15) is 0 Å². The van der Waals surface area contributed by atoms with E-state index in [0.717, 1.165) is 23.3 Å². The zero-order valence-electron chi connectivity index (χ0n) is 11.1. The first-order chi connectivity index (χ1) is 8.61. The van der Waals surface area contributed by atoms with Gasteiger partial charge in [0, 0.05) is 12.5 Å². The molecule has 1 aromatic carbocycles. The second kappa shape index (κ2) is 5.21. The molecule has 0 aliphatic heterocycles. The van der Waals surface area contributed by atoms with Crippen molar-refractivity contribution in [1.82, 2.24) is 14.9 Å². The summed E-state index contributed by atoms with van der Waals surface area (Å²) >= 11 is 0. The van der Waals surface area contributed by atoms with Gasteiger partial charge in [0.25, 0.3) is 0 Å². The van der Waals surface area contributed by atoms with Crippen LogP contribution in [0.4, 0.5) is 0 Å². The van der Waals surface area contributed by atoms with Crippen molar-refractivity contribution in [3.63, 3.8) is 0 Å². The molecule has 2 rings (SSSR count). The minimum absolute atomic E-state index is 0.0304. The second-order valence-electron chi connectivity index (χ2n) is 4.68. The largest absolute Gasteiger partial charge is 0.352 e. The van der Waals surface area contributed by atoms with E-state index in [1.54, 1.807) is 0 Å². The summed E-state index contributed by atoms with van der Waals surface area (Å²) in [4.78, 5) is 16.4. The number of benzene rings is 1. The van der Waals surface area contributed by atoms with E-state index in [2.05, 4.69) is 17.2 Å². The minimum Gasteiger partial charge on any atom is -0.352 e. The molecule has 0 spiro atoms. The van der Waals surface area contributed by atoms with Crippen molar-refractivity contribution in [1.29, 1.82) is 0 Å². The van der Waals surface area contributed by atoms with Crippen LogP contribution >= 0.6 is 0 Å². The van der Waals surface area contributed by atoms with Crippen molar-refractivity contribution in [2.75, 3.05) is 0 Å². The first-order valence-corrected chi connectivity index (χ1v) is 6.35. The van der Waals surface area contributed by atoms with E-state index in [4.69, 9.17) is 0 Å². The Labute approximate surface area is 107 Å². The van der Waals surface area contributed by atoms with Crippen LogP contribution in [0.2, 0.25) is 0 Å². The van der Waals surface area contributed by atoms with Crippen molar-refractivity contribution in [3.8, 4) is 0 Å². The molecule has 96 valence electrons. The highest BCUT2D eigenvalue weighted by atomic mass is 16.2. The summed E-state index contributed by atoms with van der Waals surface area (Å²) in [6.45, 7) is 6.31. The third-order valence-electron chi connectivity index (χ3n) is 2.80. The third-order valence-corrected chi connectivity index (χ3v) is 2.80. The van der Waals surface area contributed by atoms with E-state index in [-0.39, 0.29) is 11.9 Å². The Morgan fingerprint density at radius 1 is 1.39 bits per heavy atom. The standard InChI is InChI=1S/C14H19N3O/c1-4-13-16-11-7-5-6-8-12(11)17(13)9-14(18)15-10(2)3/h5-8,10H,4,9H2,1-3H3,(H,15,18). The average Bonchev–Trinajstić information content (AvgIpc) is 2.66. The number of hydrogen-bond donors (Lipinski definition) is 1. The van der Waals surface area contributed by atoms with Crippen molar-refractivity contribution in [2.24, 2.45) is 0 Å². The molecule has 0 bridgehead atoms. The van der Waals surface area contributed by atoms with E-state index < -0.39 is 0 Å². The van der Waals surface area contributed by atoms with Crippen LogP contribution in [0.3, 0.4) is 0 Å². The molecule has 0 unspecified atom stereocenters. The summed E-state index contributed by atoms with van der Waals surface area (Å²) in [6, 6.07) is 8.08. The molecule has 1 N–H and O–H groups in total. The number of hydrogen-bond acceptors (Lipinski definition) is 2. The Morgan fingerprint density at radius 2 is 2.11 bits per heavy atom. The molecular weight excluding hydrogens is 226 g/mol. The Morgan fingerprint density at radius 3 is 2.78 bits per heavy atom. The predicted octanol–water partition coefficient (Wildman–Crippen LogP) is 2.12. The molecule has 0 saturated heterocycles. The number of para-hydroxylation sites is 2. The summed E-state index contributed by atoms with van der Waals surface area (Å²) in [5.41, 5.74) is 1.97. The summed E-state index contributed by atoms with van der Waals surface area (Å²) in [5.74, 6) is 0.984. The third kappa shape index (κ3) is 2.53. The lowest BCUT2D eigenvalue weighted by molar-refractivity contribution is -0.122. The van der Waals surface area contributed by atoms with Gasteiger partial charge in [0.1, 0.15) is 12.4 Å². The molecule has 0 radical (unpaired) electrons. The summed E-state index contributed by atoms with van der Waals surface area (Å²) in [5, 5.41) is 2.91. The lowest BCUT2D eigenvalue weighted by Gasteiger charge is -2.11. The van der Waals surface area contributed by atoms with E-state index in [0.29, 0.717) is 6.54 Å². The summed E-state index contributed by atoms with van der Waals surface area (Å²) in [6.07, 6.45) is 0.823. The Hall–Kier alpha value is -1.84. The average molecular weight is 245 g/mol. The topological polar surface area (TPSA) is 46.9 Å². The Balaban J connectivity index is 2.33. The molecule has 1 heterocycles. The quantitative estimate of drug-likeness (QED) is 0.897. The van der Waals surface area contributed by atoms with Gasteiger partial charge in [0.05, 0.1) is 11.0 Å². The van der Waals surface area contributed by atoms with E-state index in [1.807, 2.05) is 42.7 Å². The number of nitrogens with one attached hydrogen (secondary N) is 1. The van der Waals surface area contributed by atoms with Crippen LogP contribution in [0.1, 0.15) is 26.6 Å². The fraction of sp³-hybridized carbons (Fsp3) is 0.429. The molecule has 0 aliphatic rings. The molecule has 0 saturated carbocycles. The van der Waals surface area contributed by atoms with Gasteiger partial charge in [-0.25, -0.2) is 4.98 Å². The first-order valence-electron chi connectivity index (χ1n) is 6.35. The monoisotopic (exact) mass is 245 g/mol. The van der Waals surface area contributed by atoms with E-state index in [9.17, 15) is 4.79 Å². The minimum atomic E-state index is 0.0304. The zero-order valence-corrected chi connectivity index (χ0v) is 11.1. The molecule has 0 atom stereocenters. The summed E-state index contributed by atoms with van der Waals surface area (Å²) < 4.78 is 1.99. The maximum atomic E-state index is 11.9. The van der Waals surface area contributed by atoms with Crippen LogP contribution in [-0.4, -0.2) is 21.5 Å². The van der Waals surface area contributed by atoms with Gasteiger partial charge in [0.2, 0.25) is 5.91 Å². The van der Waals surface area contributed by atoms with Gasteiger partial charge in [-0.05, 0) is 26.0 Å². The van der Waals surface area contributed by atoms with Crippen molar-refractivity contribution in [2.45, 2.75) is 39.8 Å². The fourth-order valence-corrected chi connectivity index (χ4v) is 2.08. The number of aryl methyl sites for hydroxylation is 1. The number of rotatable bonds is 4. The molecule has 0 fully saturated rings. The lowest BCUT2D eigenvalue weighted by atomic mass is 10.3. The molecule has 4 heteroatoms. The molecular formula is C14H19N3O. The first kappa shape index (κ1) is 12.6. The molecule has 1 aromatic heterocycles. The predicted molar refractivity (Wildman–Crippen MR) is 72.4 cm³/mol. The maximum absolute atomic E-state index is 11.9. The highest BCUT2D eigenvalue weighted by molar-refractivity contribution is 5.81. The fourth-order valence-electron chi connectivity index (χ4n) is 2.08. The normalized spacial score (nSPS) is 11.1. The molecule has 0 aliphatic carbocycles. The highest BCUT2D eigenvalue weighted by Crippen LogP contribution is 2.16. The number of nitrogens with zero attached hydrogens (tertiary/aromatic N) is 2. The van der Waals surface area contributed by atoms with Gasteiger partial charge < -0.3 is 9.88 Å². The number of fused-ring (bicyclic) bond motifs is 1. The van der Waals surface area contributed by atoms with Gasteiger partial charge >= 0.3 is 0 Å². The van der Waals surface area contributed by atoms with Crippen molar-refractivity contribution < 1.29 is 4.79 Å². The van der Waals surface area contributed by atoms with Gasteiger partial charge in [-0.1, -0.05) is 19.1 Å². The summed E-state index contributed by atoms with van der Waals surface area (Å²) in [7, 11) is 0. The molecule has 4 nitrogen and oxygen atoms in total. The number of imidazole rings is 1. The molecule has 18 heavy (non-hydrogen) atoms. The smallest absolute Gasteiger partial charge is 0.240 e. The van der Waals surface area contributed by atoms with Gasteiger partial charge in [-0.3, -0.25) is 4.79 Å². The van der Waals surface area contributed by atoms with Gasteiger partial charge in [0.15, 0.2) is 0 Å². The molecule has 1 amide bonds. The number of aromatic nitrogens is 2. The van der Waals surface area contributed by atoms with Crippen LogP contribution in [-0.2, 0) is 17.8 Å². The molecule has 2 aromatic rings. The van der Waals surface area contributed by atoms with Crippen LogP contribution < -0.4 is 5.32 Å². The van der Waals surface area contributed by atoms with Crippen LogP contribution in [0, 0.1) is 0 Å². The van der Waals surface area contributed by atoms with Crippen molar-refractivity contribution >= 4 is 16.9 Å².